The number of pyridine rings is 1. The maximum absolute atomic E-state index is 13.5. The number of rotatable bonds is 4. The Kier molecular flexibility index (Phi) is 6.63. The molecule has 0 atom stereocenters. The molecule has 8 aromatic rings. The first-order chi connectivity index (χ1) is 23.5. The number of fused-ring (bicyclic) bond motifs is 6. The van der Waals surface area contributed by atoms with Gasteiger partial charge in [0.1, 0.15) is 11.2 Å². The summed E-state index contributed by atoms with van der Waals surface area (Å²) in [6.45, 7) is 0. The first kappa shape index (κ1) is 28.4. The lowest BCUT2D eigenvalue weighted by atomic mass is 9.90. The molecule has 48 heavy (non-hydrogen) atoms. The van der Waals surface area contributed by atoms with Gasteiger partial charge in [-0.25, -0.2) is 13.4 Å². The van der Waals surface area contributed by atoms with Crippen LogP contribution in [0.2, 0.25) is 0 Å². The number of nitrogens with zero attached hydrogens (tertiary/aromatic N) is 1. The van der Waals surface area contributed by atoms with Crippen molar-refractivity contribution < 1.29 is 12.8 Å². The maximum Gasteiger partial charge on any atom is 0.158 e. The van der Waals surface area contributed by atoms with E-state index < -0.39 is 9.84 Å². The summed E-state index contributed by atoms with van der Waals surface area (Å²) in [4.78, 5) is 5.02. The van der Waals surface area contributed by atoms with E-state index in [4.69, 9.17) is 9.40 Å². The average Bonchev–Trinajstić information content (AvgIpc) is 3.45. The Morgan fingerprint density at radius 2 is 1.02 bits per heavy atom. The van der Waals surface area contributed by atoms with Gasteiger partial charge >= 0.3 is 0 Å². The van der Waals surface area contributed by atoms with E-state index in [9.17, 15) is 8.42 Å². The average molecular weight is 640 g/mol. The van der Waals surface area contributed by atoms with Gasteiger partial charge in [0.15, 0.2) is 9.84 Å². The molecule has 0 aliphatic carbocycles. The molecule has 9 rings (SSSR count). The van der Waals surface area contributed by atoms with E-state index in [1.54, 1.807) is 0 Å². The molecule has 0 amide bonds. The molecular weight excluding hydrogens is 611 g/mol. The first-order valence-corrected chi connectivity index (χ1v) is 17.8. The van der Waals surface area contributed by atoms with Crippen LogP contribution in [0.1, 0.15) is 11.1 Å². The minimum absolute atomic E-state index is 0.00357. The van der Waals surface area contributed by atoms with Gasteiger partial charge in [-0.3, -0.25) is 0 Å². The Balaban J connectivity index is 1.18. The van der Waals surface area contributed by atoms with Gasteiger partial charge in [0.05, 0.1) is 22.9 Å². The van der Waals surface area contributed by atoms with Gasteiger partial charge in [-0.05, 0) is 87.0 Å². The first-order valence-electron chi connectivity index (χ1n) is 16.0. The largest absolute Gasteiger partial charge is 0.456 e. The molecular formula is C43H29NO3S. The van der Waals surface area contributed by atoms with Crippen molar-refractivity contribution in [2.45, 2.75) is 11.5 Å². The van der Waals surface area contributed by atoms with Crippen LogP contribution in [-0.2, 0) is 21.3 Å². The highest BCUT2D eigenvalue weighted by atomic mass is 32.2. The Bertz CT molecular complexity index is 2570. The predicted molar refractivity (Wildman–Crippen MR) is 195 cm³/mol. The van der Waals surface area contributed by atoms with Crippen molar-refractivity contribution in [3.63, 3.8) is 0 Å². The summed E-state index contributed by atoms with van der Waals surface area (Å²) in [5.74, 6) is -0.0150. The van der Waals surface area contributed by atoms with E-state index in [0.717, 1.165) is 89.0 Å². The number of sulfone groups is 1. The van der Waals surface area contributed by atoms with Gasteiger partial charge in [0, 0.05) is 21.9 Å². The highest BCUT2D eigenvalue weighted by molar-refractivity contribution is 7.89. The molecule has 2 aromatic heterocycles. The van der Waals surface area contributed by atoms with E-state index in [1.165, 1.54) is 0 Å². The van der Waals surface area contributed by atoms with Crippen LogP contribution in [-0.4, -0.2) is 13.4 Å². The van der Waals surface area contributed by atoms with Crippen molar-refractivity contribution in [2.24, 2.45) is 0 Å². The number of aromatic nitrogens is 1. The van der Waals surface area contributed by atoms with Gasteiger partial charge in [0.2, 0.25) is 0 Å². The highest BCUT2D eigenvalue weighted by Gasteiger charge is 2.25. The van der Waals surface area contributed by atoms with Crippen molar-refractivity contribution in [1.29, 1.82) is 0 Å². The van der Waals surface area contributed by atoms with E-state index in [1.807, 2.05) is 72.8 Å². The van der Waals surface area contributed by atoms with E-state index in [-0.39, 0.29) is 11.5 Å². The van der Waals surface area contributed by atoms with Crippen molar-refractivity contribution >= 4 is 31.8 Å². The number of hydrogen-bond acceptors (Lipinski definition) is 4. The maximum atomic E-state index is 13.5. The minimum atomic E-state index is -3.40. The monoisotopic (exact) mass is 639 g/mol. The Morgan fingerprint density at radius 3 is 1.77 bits per heavy atom. The molecule has 4 nitrogen and oxygen atoms in total. The Labute approximate surface area is 278 Å². The molecule has 0 spiro atoms. The van der Waals surface area contributed by atoms with Crippen LogP contribution in [0, 0.1) is 0 Å². The van der Waals surface area contributed by atoms with Crippen LogP contribution < -0.4 is 0 Å². The summed E-state index contributed by atoms with van der Waals surface area (Å²) in [6.07, 6.45) is 0. The molecule has 0 bridgehead atoms. The zero-order chi connectivity index (χ0) is 32.2. The van der Waals surface area contributed by atoms with Gasteiger partial charge in [-0.15, -0.1) is 0 Å². The van der Waals surface area contributed by atoms with E-state index in [0.29, 0.717) is 0 Å². The number of hydrogen-bond donors (Lipinski definition) is 0. The smallest absolute Gasteiger partial charge is 0.158 e. The van der Waals surface area contributed by atoms with Crippen LogP contribution in [0.15, 0.2) is 156 Å². The summed E-state index contributed by atoms with van der Waals surface area (Å²) < 4.78 is 33.1. The third-order valence-electron chi connectivity index (χ3n) is 9.26. The molecule has 6 aromatic carbocycles. The van der Waals surface area contributed by atoms with E-state index in [2.05, 4.69) is 78.9 Å². The van der Waals surface area contributed by atoms with Gasteiger partial charge in [-0.2, -0.15) is 0 Å². The Morgan fingerprint density at radius 1 is 0.438 bits per heavy atom. The zero-order valence-corrected chi connectivity index (χ0v) is 26.7. The van der Waals surface area contributed by atoms with Gasteiger partial charge < -0.3 is 4.42 Å². The van der Waals surface area contributed by atoms with Crippen molar-refractivity contribution in [2.75, 3.05) is 0 Å². The lowest BCUT2D eigenvalue weighted by Gasteiger charge is -2.14. The van der Waals surface area contributed by atoms with Gasteiger partial charge in [-0.1, -0.05) is 109 Å². The predicted octanol–water partition coefficient (Wildman–Crippen LogP) is 10.7. The third-order valence-corrected chi connectivity index (χ3v) is 10.8. The SMILES string of the molecule is O=S1(=O)Cc2cc(-c3cc(-c4ccccc4)nc(-c4ccccc4)c3)ccc2-c2cc(-c3ccc4oc5ccccc5c4c3)ccc2C1. The molecule has 0 saturated carbocycles. The van der Waals surface area contributed by atoms with E-state index >= 15 is 0 Å². The van der Waals surface area contributed by atoms with Crippen LogP contribution >= 0.6 is 0 Å². The molecule has 0 fully saturated rings. The molecule has 1 aliphatic heterocycles. The summed E-state index contributed by atoms with van der Waals surface area (Å²) in [5, 5.41) is 2.14. The standard InChI is InChI=1S/C43H29NO3S/c45-48(46)26-33-16-15-31(32-18-20-43-39(23-32)37-13-7-8-14-42(37)47-43)22-38(33)36-19-17-30(21-35(36)27-48)34-24-40(28-9-3-1-4-10-28)44-41(25-34)29-11-5-2-6-12-29/h1-25H,26-27H2. The van der Waals surface area contributed by atoms with Crippen LogP contribution in [0.4, 0.5) is 0 Å². The molecule has 0 radical (unpaired) electrons. The van der Waals surface area contributed by atoms with Crippen LogP contribution in [0.3, 0.4) is 0 Å². The summed E-state index contributed by atoms with van der Waals surface area (Å²) in [7, 11) is -3.40. The lowest BCUT2D eigenvalue weighted by molar-refractivity contribution is 0.595. The van der Waals surface area contributed by atoms with Crippen molar-refractivity contribution in [1.82, 2.24) is 4.98 Å². The quantitative estimate of drug-likeness (QED) is 0.192. The second-order valence-corrected chi connectivity index (χ2v) is 14.5. The van der Waals surface area contributed by atoms with Crippen LogP contribution in [0.25, 0.3) is 77.8 Å². The number of para-hydroxylation sites is 1. The molecule has 1 aliphatic rings. The summed E-state index contributed by atoms with van der Waals surface area (Å²) in [5.41, 5.74) is 13.1. The second-order valence-electron chi connectivity index (χ2n) is 12.4. The molecule has 0 N–H and O–H groups in total. The third kappa shape index (κ3) is 5.09. The summed E-state index contributed by atoms with van der Waals surface area (Å²) in [6, 6.07) is 51.2. The Hall–Kier alpha value is -5.78. The fourth-order valence-corrected chi connectivity index (χ4v) is 8.47. The summed E-state index contributed by atoms with van der Waals surface area (Å²) >= 11 is 0. The van der Waals surface area contributed by atoms with Crippen molar-refractivity contribution in [3.8, 4) is 55.9 Å². The number of furan rings is 1. The molecule has 3 heterocycles. The normalized spacial score (nSPS) is 13.6. The molecule has 0 saturated heterocycles. The molecule has 230 valence electrons. The lowest BCUT2D eigenvalue weighted by Crippen LogP contribution is -2.05. The fourth-order valence-electron chi connectivity index (χ4n) is 6.93. The highest BCUT2D eigenvalue weighted by Crippen LogP contribution is 2.40. The molecule has 5 heteroatoms. The van der Waals surface area contributed by atoms with Crippen molar-refractivity contribution in [3.05, 3.63) is 163 Å². The number of benzene rings is 6. The zero-order valence-electron chi connectivity index (χ0n) is 25.9. The second kappa shape index (κ2) is 11.2. The van der Waals surface area contributed by atoms with Crippen LogP contribution in [0.5, 0.6) is 0 Å². The van der Waals surface area contributed by atoms with Gasteiger partial charge in [0.25, 0.3) is 0 Å². The molecule has 0 unspecified atom stereocenters. The fraction of sp³-hybridized carbons (Fsp3) is 0.0465. The topological polar surface area (TPSA) is 60.2 Å². The minimum Gasteiger partial charge on any atom is -0.456 e.